The molecule has 0 aromatic heterocycles. The number of nitrogens with zero attached hydrogens (tertiary/aromatic N) is 1. The molecular formula is C16H12FNO3. The molecule has 0 aliphatic carbocycles. The van der Waals surface area contributed by atoms with Crippen LogP contribution in [0, 0.1) is 24.1 Å². The maximum atomic E-state index is 13.2. The van der Waals surface area contributed by atoms with Crippen molar-refractivity contribution in [2.75, 3.05) is 0 Å². The zero-order valence-electron chi connectivity index (χ0n) is 11.3. The van der Waals surface area contributed by atoms with Gasteiger partial charge in [-0.3, -0.25) is 0 Å². The van der Waals surface area contributed by atoms with Crippen molar-refractivity contribution in [2.24, 2.45) is 0 Å². The molecule has 5 heteroatoms. The zero-order chi connectivity index (χ0) is 15.4. The number of hydrogen-bond acceptors (Lipinski definition) is 3. The standard InChI is InChI=1S/C16H12FNO3/c1-10-2-4-12(16(19)20)7-15(10)21-9-11-3-5-14(17)13(6-11)8-18/h2-7H,9H2,1H3,(H,19,20). The summed E-state index contributed by atoms with van der Waals surface area (Å²) in [6.07, 6.45) is 0. The van der Waals surface area contributed by atoms with Crippen molar-refractivity contribution < 1.29 is 19.0 Å². The number of aryl methyl sites for hydroxylation is 1. The van der Waals surface area contributed by atoms with E-state index in [4.69, 9.17) is 15.1 Å². The van der Waals surface area contributed by atoms with E-state index in [1.54, 1.807) is 19.1 Å². The van der Waals surface area contributed by atoms with Crippen LogP contribution in [0.5, 0.6) is 5.75 Å². The molecule has 0 saturated heterocycles. The lowest BCUT2D eigenvalue weighted by Gasteiger charge is -2.10. The number of benzene rings is 2. The van der Waals surface area contributed by atoms with Crippen molar-refractivity contribution in [3.63, 3.8) is 0 Å². The minimum absolute atomic E-state index is 0.0490. The first-order chi connectivity index (χ1) is 10.0. The third-order valence-electron chi connectivity index (χ3n) is 2.98. The smallest absolute Gasteiger partial charge is 0.335 e. The molecule has 0 saturated carbocycles. The molecule has 0 aliphatic heterocycles. The van der Waals surface area contributed by atoms with Gasteiger partial charge in [-0.25, -0.2) is 9.18 Å². The van der Waals surface area contributed by atoms with Gasteiger partial charge in [0.1, 0.15) is 24.2 Å². The number of hydrogen-bond donors (Lipinski definition) is 1. The van der Waals surface area contributed by atoms with Crippen LogP contribution in [0.3, 0.4) is 0 Å². The average molecular weight is 285 g/mol. The number of rotatable bonds is 4. The van der Waals surface area contributed by atoms with Crippen LogP contribution in [0.2, 0.25) is 0 Å². The Labute approximate surface area is 121 Å². The van der Waals surface area contributed by atoms with Crippen LogP contribution < -0.4 is 4.74 Å². The summed E-state index contributed by atoms with van der Waals surface area (Å²) in [7, 11) is 0. The SMILES string of the molecule is Cc1ccc(C(=O)O)cc1OCc1ccc(F)c(C#N)c1. The number of carboxylic acids is 1. The summed E-state index contributed by atoms with van der Waals surface area (Å²) in [5.74, 6) is -1.17. The summed E-state index contributed by atoms with van der Waals surface area (Å²) < 4.78 is 18.8. The van der Waals surface area contributed by atoms with Crippen LogP contribution in [0.15, 0.2) is 36.4 Å². The Morgan fingerprint density at radius 2 is 2.10 bits per heavy atom. The highest BCUT2D eigenvalue weighted by Crippen LogP contribution is 2.21. The van der Waals surface area contributed by atoms with Crippen LogP contribution >= 0.6 is 0 Å². The molecule has 0 amide bonds. The van der Waals surface area contributed by atoms with Gasteiger partial charge in [0.15, 0.2) is 0 Å². The molecule has 0 radical (unpaired) electrons. The number of carbonyl (C=O) groups is 1. The number of nitriles is 1. The molecule has 4 nitrogen and oxygen atoms in total. The summed E-state index contributed by atoms with van der Waals surface area (Å²) in [4.78, 5) is 10.9. The van der Waals surface area contributed by atoms with E-state index in [0.29, 0.717) is 11.3 Å². The van der Waals surface area contributed by atoms with Gasteiger partial charge in [-0.2, -0.15) is 5.26 Å². The fraction of sp³-hybridized carbons (Fsp3) is 0.125. The Balaban J connectivity index is 2.18. The fourth-order valence-corrected chi connectivity index (χ4v) is 1.80. The molecule has 2 rings (SSSR count). The summed E-state index contributed by atoms with van der Waals surface area (Å²) in [6.45, 7) is 1.92. The first kappa shape index (κ1) is 14.5. The summed E-state index contributed by atoms with van der Waals surface area (Å²) in [5.41, 5.74) is 1.51. The molecule has 0 heterocycles. The molecule has 2 aromatic carbocycles. The summed E-state index contributed by atoms with van der Waals surface area (Å²) in [5, 5.41) is 17.7. The van der Waals surface area contributed by atoms with Crippen molar-refractivity contribution in [3.05, 3.63) is 64.5 Å². The second kappa shape index (κ2) is 6.06. The number of aromatic carboxylic acids is 1. The Morgan fingerprint density at radius 1 is 1.33 bits per heavy atom. The Bertz CT molecular complexity index is 735. The second-order valence-electron chi connectivity index (χ2n) is 4.50. The predicted molar refractivity (Wildman–Crippen MR) is 73.6 cm³/mol. The van der Waals surface area contributed by atoms with Gasteiger partial charge in [-0.05, 0) is 42.3 Å². The van der Waals surface area contributed by atoms with E-state index in [9.17, 15) is 9.18 Å². The normalized spacial score (nSPS) is 9.95. The topological polar surface area (TPSA) is 70.3 Å². The minimum atomic E-state index is -1.03. The second-order valence-corrected chi connectivity index (χ2v) is 4.50. The lowest BCUT2D eigenvalue weighted by Crippen LogP contribution is -2.01. The molecule has 21 heavy (non-hydrogen) atoms. The third-order valence-corrected chi connectivity index (χ3v) is 2.98. The van der Waals surface area contributed by atoms with E-state index in [2.05, 4.69) is 0 Å². The summed E-state index contributed by atoms with van der Waals surface area (Å²) >= 11 is 0. The van der Waals surface area contributed by atoms with Crippen molar-refractivity contribution in [3.8, 4) is 11.8 Å². The molecule has 0 fully saturated rings. The highest BCUT2D eigenvalue weighted by Gasteiger charge is 2.08. The van der Waals surface area contributed by atoms with Crippen molar-refractivity contribution in [1.29, 1.82) is 5.26 Å². The van der Waals surface area contributed by atoms with Crippen LogP contribution in [-0.4, -0.2) is 11.1 Å². The van der Waals surface area contributed by atoms with E-state index >= 15 is 0 Å². The predicted octanol–water partition coefficient (Wildman–Crippen LogP) is 3.28. The molecular weight excluding hydrogens is 273 g/mol. The Kier molecular flexibility index (Phi) is 4.19. The highest BCUT2D eigenvalue weighted by atomic mass is 19.1. The maximum absolute atomic E-state index is 13.2. The lowest BCUT2D eigenvalue weighted by molar-refractivity contribution is 0.0696. The summed E-state index contributed by atoms with van der Waals surface area (Å²) in [6, 6.07) is 10.5. The fourth-order valence-electron chi connectivity index (χ4n) is 1.80. The van der Waals surface area contributed by atoms with Crippen LogP contribution in [0.1, 0.15) is 27.0 Å². The van der Waals surface area contributed by atoms with Gasteiger partial charge < -0.3 is 9.84 Å². The van der Waals surface area contributed by atoms with Gasteiger partial charge in [-0.15, -0.1) is 0 Å². The molecule has 0 atom stereocenters. The van der Waals surface area contributed by atoms with Crippen molar-refractivity contribution in [1.82, 2.24) is 0 Å². The van der Waals surface area contributed by atoms with E-state index in [-0.39, 0.29) is 17.7 Å². The molecule has 0 aliphatic rings. The average Bonchev–Trinajstić information content (AvgIpc) is 2.47. The van der Waals surface area contributed by atoms with Gasteiger partial charge in [0, 0.05) is 0 Å². The Morgan fingerprint density at radius 3 is 2.76 bits per heavy atom. The molecule has 106 valence electrons. The van der Waals surface area contributed by atoms with E-state index < -0.39 is 11.8 Å². The lowest BCUT2D eigenvalue weighted by atomic mass is 10.1. The first-order valence-corrected chi connectivity index (χ1v) is 6.16. The monoisotopic (exact) mass is 285 g/mol. The first-order valence-electron chi connectivity index (χ1n) is 6.16. The largest absolute Gasteiger partial charge is 0.489 e. The molecule has 2 aromatic rings. The van der Waals surface area contributed by atoms with Crippen molar-refractivity contribution >= 4 is 5.97 Å². The number of carboxylic acid groups (broad SMARTS) is 1. The molecule has 0 unspecified atom stereocenters. The van der Waals surface area contributed by atoms with Crippen LogP contribution in [0.25, 0.3) is 0 Å². The third kappa shape index (κ3) is 3.37. The number of halogens is 1. The highest BCUT2D eigenvalue weighted by molar-refractivity contribution is 5.88. The molecule has 0 spiro atoms. The van der Waals surface area contributed by atoms with Gasteiger partial charge in [0.25, 0.3) is 0 Å². The van der Waals surface area contributed by atoms with Gasteiger partial charge in [0.2, 0.25) is 0 Å². The number of ether oxygens (including phenoxy) is 1. The maximum Gasteiger partial charge on any atom is 0.335 e. The van der Waals surface area contributed by atoms with E-state index in [1.807, 2.05) is 0 Å². The minimum Gasteiger partial charge on any atom is -0.489 e. The quantitative estimate of drug-likeness (QED) is 0.935. The van der Waals surface area contributed by atoms with Gasteiger partial charge in [-0.1, -0.05) is 12.1 Å². The zero-order valence-corrected chi connectivity index (χ0v) is 11.3. The molecule has 1 N–H and O–H groups in total. The van der Waals surface area contributed by atoms with Gasteiger partial charge >= 0.3 is 5.97 Å². The van der Waals surface area contributed by atoms with Gasteiger partial charge in [0.05, 0.1) is 11.1 Å². The van der Waals surface area contributed by atoms with Crippen LogP contribution in [-0.2, 0) is 6.61 Å². The molecule has 0 bridgehead atoms. The van der Waals surface area contributed by atoms with E-state index in [0.717, 1.165) is 5.56 Å². The Hall–Kier alpha value is -2.87. The van der Waals surface area contributed by atoms with Crippen LogP contribution in [0.4, 0.5) is 4.39 Å². The van der Waals surface area contributed by atoms with Crippen molar-refractivity contribution in [2.45, 2.75) is 13.5 Å². The van der Waals surface area contributed by atoms with E-state index in [1.165, 1.54) is 30.3 Å².